The van der Waals surface area contributed by atoms with Gasteiger partial charge >= 0.3 is 0 Å². The minimum Gasteiger partial charge on any atom is -0.247 e. The molecule has 0 N–H and O–H groups in total. The number of allylic oxidation sites excluding steroid dienone is 10. The largest absolute Gasteiger partial charge is 0.247 e. The molecular formula is C30H46F2. The van der Waals surface area contributed by atoms with Gasteiger partial charge in [-0.05, 0) is 88.2 Å². The van der Waals surface area contributed by atoms with Crippen LogP contribution in [0.5, 0.6) is 0 Å². The van der Waals surface area contributed by atoms with Gasteiger partial charge in [0.2, 0.25) is 0 Å². The van der Waals surface area contributed by atoms with Crippen LogP contribution in [0.25, 0.3) is 0 Å². The van der Waals surface area contributed by atoms with Crippen molar-refractivity contribution in [2.24, 2.45) is 17.8 Å². The van der Waals surface area contributed by atoms with Crippen molar-refractivity contribution in [2.45, 2.75) is 98.1 Å². The lowest BCUT2D eigenvalue weighted by Gasteiger charge is -2.22. The summed E-state index contributed by atoms with van der Waals surface area (Å²) in [5.74, 6) is 0.150. The molecule has 0 amide bonds. The van der Waals surface area contributed by atoms with Crippen molar-refractivity contribution in [1.29, 1.82) is 0 Å². The lowest BCUT2D eigenvalue weighted by molar-refractivity contribution is 0.209. The molecule has 0 saturated carbocycles. The second-order valence-electron chi connectivity index (χ2n) is 9.40. The van der Waals surface area contributed by atoms with Gasteiger partial charge in [-0.2, -0.15) is 0 Å². The van der Waals surface area contributed by atoms with E-state index < -0.39 is 6.17 Å². The number of halogens is 2. The van der Waals surface area contributed by atoms with Crippen molar-refractivity contribution in [3.8, 4) is 0 Å². The van der Waals surface area contributed by atoms with Gasteiger partial charge in [0, 0.05) is 5.92 Å². The summed E-state index contributed by atoms with van der Waals surface area (Å²) in [6.07, 6.45) is 19.6. The zero-order valence-electron chi connectivity index (χ0n) is 21.0. The fourth-order valence-corrected chi connectivity index (χ4v) is 4.43. The fourth-order valence-electron chi connectivity index (χ4n) is 4.43. The molecule has 0 heterocycles. The van der Waals surface area contributed by atoms with Gasteiger partial charge in [-0.3, -0.25) is 0 Å². The molecule has 0 nitrogen and oxygen atoms in total. The highest BCUT2D eigenvalue weighted by molar-refractivity contribution is 5.25. The summed E-state index contributed by atoms with van der Waals surface area (Å²) in [6, 6.07) is 0. The van der Waals surface area contributed by atoms with E-state index in [2.05, 4.69) is 44.4 Å². The van der Waals surface area contributed by atoms with E-state index in [9.17, 15) is 4.39 Å². The summed E-state index contributed by atoms with van der Waals surface area (Å²) < 4.78 is 29.8. The van der Waals surface area contributed by atoms with E-state index in [-0.39, 0.29) is 17.7 Å². The Kier molecular flexibility index (Phi) is 14.2. The van der Waals surface area contributed by atoms with Gasteiger partial charge in [0.05, 0.1) is 0 Å². The first-order chi connectivity index (χ1) is 15.3. The van der Waals surface area contributed by atoms with Gasteiger partial charge in [-0.15, -0.1) is 0 Å². The second-order valence-corrected chi connectivity index (χ2v) is 9.40. The van der Waals surface area contributed by atoms with Crippen molar-refractivity contribution in [3.05, 3.63) is 72.2 Å². The van der Waals surface area contributed by atoms with Crippen LogP contribution in [0.3, 0.4) is 0 Å². The Morgan fingerprint density at radius 2 is 1.91 bits per heavy atom. The first-order valence-electron chi connectivity index (χ1n) is 12.7. The van der Waals surface area contributed by atoms with Crippen LogP contribution in [-0.2, 0) is 0 Å². The SMILES string of the molecule is C=C(/C=C(/F)C(CC)C[C@H](C)C1=CCCC=C1)CCC(CC)C(F)CC(=C)CC/C=C/C. The molecule has 0 aromatic rings. The molecule has 3 unspecified atom stereocenters. The first kappa shape index (κ1) is 28.3. The van der Waals surface area contributed by atoms with Crippen LogP contribution in [0.1, 0.15) is 91.9 Å². The third kappa shape index (κ3) is 10.7. The van der Waals surface area contributed by atoms with Gasteiger partial charge in [-0.25, -0.2) is 8.78 Å². The molecule has 1 aliphatic carbocycles. The molecule has 4 atom stereocenters. The molecule has 2 heteroatoms. The zero-order chi connectivity index (χ0) is 23.9. The van der Waals surface area contributed by atoms with Crippen LogP contribution < -0.4 is 0 Å². The quantitative estimate of drug-likeness (QED) is 0.164. The molecule has 180 valence electrons. The summed E-state index contributed by atoms with van der Waals surface area (Å²) in [7, 11) is 0. The molecule has 0 aromatic carbocycles. The van der Waals surface area contributed by atoms with E-state index in [1.54, 1.807) is 6.08 Å². The minimum atomic E-state index is -0.888. The van der Waals surface area contributed by atoms with E-state index in [0.29, 0.717) is 25.2 Å². The summed E-state index contributed by atoms with van der Waals surface area (Å²) in [4.78, 5) is 0. The molecule has 0 saturated heterocycles. The molecule has 32 heavy (non-hydrogen) atoms. The topological polar surface area (TPSA) is 0 Å². The standard InChI is InChI=1S/C30H46F2/c1-7-10-12-15-23(4)20-29(31)26(8-2)19-18-24(5)21-30(32)27(9-3)22-25(6)28-16-13-11-14-17-28/h7,10,13,16-17,21,25-27,29H,4-5,8-9,11-12,14-15,18-20,22H2,1-3,6H3/b10-7+,30-21+/t25-,26?,27?,29?/m0/s1. The highest BCUT2D eigenvalue weighted by Gasteiger charge is 2.21. The molecule has 0 aliphatic heterocycles. The smallest absolute Gasteiger partial charge is 0.107 e. The number of rotatable bonds is 16. The first-order valence-corrected chi connectivity index (χ1v) is 12.7. The molecule has 0 aromatic heterocycles. The highest BCUT2D eigenvalue weighted by atomic mass is 19.1. The maximum atomic E-state index is 15.0. The number of hydrogen-bond donors (Lipinski definition) is 0. The lowest BCUT2D eigenvalue weighted by atomic mass is 9.85. The summed E-state index contributed by atoms with van der Waals surface area (Å²) in [5.41, 5.74) is 3.07. The normalized spacial score (nSPS) is 18.3. The predicted molar refractivity (Wildman–Crippen MR) is 138 cm³/mol. The van der Waals surface area contributed by atoms with Gasteiger partial charge in [0.25, 0.3) is 0 Å². The highest BCUT2D eigenvalue weighted by Crippen LogP contribution is 2.32. The van der Waals surface area contributed by atoms with E-state index in [1.807, 2.05) is 26.8 Å². The Balaban J connectivity index is 2.56. The van der Waals surface area contributed by atoms with Crippen LogP contribution >= 0.6 is 0 Å². The summed E-state index contributed by atoms with van der Waals surface area (Å²) in [6.45, 7) is 16.4. The van der Waals surface area contributed by atoms with Crippen LogP contribution in [-0.4, -0.2) is 6.17 Å². The zero-order valence-corrected chi connectivity index (χ0v) is 21.0. The molecule has 1 rings (SSSR count). The Labute approximate surface area is 197 Å². The van der Waals surface area contributed by atoms with E-state index in [0.717, 1.165) is 56.1 Å². The average Bonchev–Trinajstić information content (AvgIpc) is 2.78. The maximum absolute atomic E-state index is 15.0. The second kappa shape index (κ2) is 16.0. The Morgan fingerprint density at radius 3 is 2.50 bits per heavy atom. The number of hydrogen-bond acceptors (Lipinski definition) is 0. The van der Waals surface area contributed by atoms with Gasteiger partial charge in [0.15, 0.2) is 0 Å². The van der Waals surface area contributed by atoms with Gasteiger partial charge < -0.3 is 0 Å². The summed E-state index contributed by atoms with van der Waals surface area (Å²) in [5, 5.41) is 0. The monoisotopic (exact) mass is 444 g/mol. The van der Waals surface area contributed by atoms with Gasteiger partial charge in [0.1, 0.15) is 12.0 Å². The van der Waals surface area contributed by atoms with Crippen molar-refractivity contribution in [2.75, 3.05) is 0 Å². The van der Waals surface area contributed by atoms with Gasteiger partial charge in [-0.1, -0.05) is 81.9 Å². The van der Waals surface area contributed by atoms with Crippen molar-refractivity contribution in [3.63, 3.8) is 0 Å². The maximum Gasteiger partial charge on any atom is 0.107 e. The van der Waals surface area contributed by atoms with E-state index in [1.165, 1.54) is 5.57 Å². The third-order valence-electron chi connectivity index (χ3n) is 6.71. The third-order valence-corrected chi connectivity index (χ3v) is 6.71. The Hall–Kier alpha value is -1.70. The number of alkyl halides is 1. The molecule has 0 fully saturated rings. The molecule has 0 spiro atoms. The lowest BCUT2D eigenvalue weighted by Crippen LogP contribution is -2.16. The van der Waals surface area contributed by atoms with Crippen LogP contribution in [0.2, 0.25) is 0 Å². The van der Waals surface area contributed by atoms with Crippen LogP contribution in [0, 0.1) is 17.8 Å². The molecule has 1 aliphatic rings. The average molecular weight is 445 g/mol. The van der Waals surface area contributed by atoms with Crippen LogP contribution in [0.4, 0.5) is 8.78 Å². The molecular weight excluding hydrogens is 398 g/mol. The van der Waals surface area contributed by atoms with Crippen molar-refractivity contribution >= 4 is 0 Å². The molecule has 0 bridgehead atoms. The van der Waals surface area contributed by atoms with Crippen molar-refractivity contribution < 1.29 is 8.78 Å². The van der Waals surface area contributed by atoms with E-state index in [4.69, 9.17) is 0 Å². The minimum absolute atomic E-state index is 0.0336. The summed E-state index contributed by atoms with van der Waals surface area (Å²) >= 11 is 0. The predicted octanol–water partition coefficient (Wildman–Crippen LogP) is 10.2. The van der Waals surface area contributed by atoms with Crippen LogP contribution in [0.15, 0.2) is 72.2 Å². The Bertz CT molecular complexity index is 692. The van der Waals surface area contributed by atoms with Crippen molar-refractivity contribution in [1.82, 2.24) is 0 Å². The Morgan fingerprint density at radius 1 is 1.16 bits per heavy atom. The van der Waals surface area contributed by atoms with E-state index >= 15 is 4.39 Å². The molecule has 0 radical (unpaired) electrons. The fraction of sp³-hybridized carbons (Fsp3) is 0.600.